The van der Waals surface area contributed by atoms with Crippen molar-refractivity contribution in [3.8, 4) is 0 Å². The minimum atomic E-state index is 0.0860. The molecule has 1 aromatic heterocycles. The van der Waals surface area contributed by atoms with Crippen LogP contribution in [-0.2, 0) is 25.1 Å². The number of rotatable bonds is 5. The Morgan fingerprint density at radius 1 is 1.15 bits per heavy atom. The van der Waals surface area contributed by atoms with Crippen LogP contribution in [0.15, 0.2) is 29.6 Å². The Hall–Kier alpha value is -1.23. The zero-order chi connectivity index (χ0) is 14.6. The van der Waals surface area contributed by atoms with Crippen molar-refractivity contribution in [2.75, 3.05) is 0 Å². The van der Waals surface area contributed by atoms with Gasteiger partial charge in [-0.1, -0.05) is 45.0 Å². The first-order valence-corrected chi connectivity index (χ1v) is 7.72. The van der Waals surface area contributed by atoms with Gasteiger partial charge in [0.05, 0.1) is 17.3 Å². The van der Waals surface area contributed by atoms with Crippen molar-refractivity contribution >= 4 is 11.3 Å². The first-order chi connectivity index (χ1) is 9.50. The van der Waals surface area contributed by atoms with E-state index in [2.05, 4.69) is 36.5 Å². The molecule has 0 atom stereocenters. The number of aliphatic hydroxyl groups excluding tert-OH is 1. The Morgan fingerprint density at radius 3 is 2.45 bits per heavy atom. The lowest BCUT2D eigenvalue weighted by molar-refractivity contribution is 0.280. The number of nitrogens with zero attached hydrogens (tertiary/aromatic N) is 1. The second kappa shape index (κ2) is 6.48. The lowest BCUT2D eigenvalue weighted by atomic mass is 9.98. The zero-order valence-electron chi connectivity index (χ0n) is 12.3. The van der Waals surface area contributed by atoms with E-state index >= 15 is 0 Å². The van der Waals surface area contributed by atoms with Crippen molar-refractivity contribution in [1.29, 1.82) is 0 Å². The van der Waals surface area contributed by atoms with Crippen molar-refractivity contribution in [3.63, 3.8) is 0 Å². The lowest BCUT2D eigenvalue weighted by Gasteiger charge is -2.13. The molecule has 0 saturated carbocycles. The van der Waals surface area contributed by atoms with Crippen LogP contribution in [0.2, 0.25) is 0 Å². The van der Waals surface area contributed by atoms with Gasteiger partial charge in [0.15, 0.2) is 0 Å². The standard InChI is InChI=1S/C16H22N2OS/c1-16(2,3)15-18-14(11-20-15)9-17-8-12-6-4-5-7-13(12)10-19/h4-7,11,17,19H,8-10H2,1-3H3. The molecule has 0 aliphatic heterocycles. The van der Waals surface area contributed by atoms with Gasteiger partial charge in [-0.15, -0.1) is 11.3 Å². The molecule has 0 bridgehead atoms. The van der Waals surface area contributed by atoms with E-state index in [1.54, 1.807) is 11.3 Å². The average molecular weight is 290 g/mol. The molecule has 0 spiro atoms. The molecule has 2 N–H and O–H groups in total. The minimum Gasteiger partial charge on any atom is -0.392 e. The second-order valence-corrected chi connectivity index (χ2v) is 6.78. The van der Waals surface area contributed by atoms with Crippen molar-refractivity contribution in [3.05, 3.63) is 51.5 Å². The number of aliphatic hydroxyl groups is 1. The molecule has 0 aliphatic carbocycles. The third-order valence-electron chi connectivity index (χ3n) is 3.10. The molecule has 20 heavy (non-hydrogen) atoms. The van der Waals surface area contributed by atoms with E-state index in [0.29, 0.717) is 0 Å². The Balaban J connectivity index is 1.91. The van der Waals surface area contributed by atoms with Crippen molar-refractivity contribution in [1.82, 2.24) is 10.3 Å². The van der Waals surface area contributed by atoms with Crippen LogP contribution in [0, 0.1) is 0 Å². The highest BCUT2D eigenvalue weighted by Crippen LogP contribution is 2.25. The number of hydrogen-bond acceptors (Lipinski definition) is 4. The third kappa shape index (κ3) is 3.88. The summed E-state index contributed by atoms with van der Waals surface area (Å²) in [5.74, 6) is 0. The van der Waals surface area contributed by atoms with Gasteiger partial charge < -0.3 is 10.4 Å². The van der Waals surface area contributed by atoms with Crippen LogP contribution in [0.5, 0.6) is 0 Å². The monoisotopic (exact) mass is 290 g/mol. The summed E-state index contributed by atoms with van der Waals surface area (Å²) in [6, 6.07) is 7.94. The Labute approximate surface area is 124 Å². The van der Waals surface area contributed by atoms with Crippen LogP contribution in [0.4, 0.5) is 0 Å². The van der Waals surface area contributed by atoms with E-state index in [1.807, 2.05) is 24.3 Å². The van der Waals surface area contributed by atoms with Crippen molar-refractivity contribution in [2.45, 2.75) is 45.9 Å². The molecule has 0 unspecified atom stereocenters. The number of thiazole rings is 1. The summed E-state index contributed by atoms with van der Waals surface area (Å²) in [4.78, 5) is 4.66. The molecule has 0 aliphatic rings. The fourth-order valence-corrected chi connectivity index (χ4v) is 2.85. The third-order valence-corrected chi connectivity index (χ3v) is 4.42. The Bertz CT molecular complexity index is 558. The molecule has 2 aromatic rings. The predicted octanol–water partition coefficient (Wildman–Crippen LogP) is 3.22. The molecule has 1 aromatic carbocycles. The van der Waals surface area contributed by atoms with E-state index in [0.717, 1.165) is 29.9 Å². The largest absolute Gasteiger partial charge is 0.392 e. The maximum Gasteiger partial charge on any atom is 0.0982 e. The van der Waals surface area contributed by atoms with E-state index < -0.39 is 0 Å². The summed E-state index contributed by atoms with van der Waals surface area (Å²) in [7, 11) is 0. The molecule has 4 heteroatoms. The Kier molecular flexibility index (Phi) is 4.91. The molecular formula is C16H22N2OS. The van der Waals surface area contributed by atoms with Crippen LogP contribution >= 0.6 is 11.3 Å². The smallest absolute Gasteiger partial charge is 0.0982 e. The van der Waals surface area contributed by atoms with Crippen LogP contribution in [0.3, 0.4) is 0 Å². The second-order valence-electron chi connectivity index (χ2n) is 5.92. The van der Waals surface area contributed by atoms with E-state index in [-0.39, 0.29) is 12.0 Å². The fraction of sp³-hybridized carbons (Fsp3) is 0.438. The van der Waals surface area contributed by atoms with Crippen LogP contribution in [0.1, 0.15) is 42.6 Å². The summed E-state index contributed by atoms with van der Waals surface area (Å²) < 4.78 is 0. The molecule has 0 saturated heterocycles. The van der Waals surface area contributed by atoms with E-state index in [4.69, 9.17) is 0 Å². The lowest BCUT2D eigenvalue weighted by Crippen LogP contribution is -2.15. The van der Waals surface area contributed by atoms with Gasteiger partial charge in [-0.3, -0.25) is 0 Å². The van der Waals surface area contributed by atoms with Gasteiger partial charge in [0, 0.05) is 23.9 Å². The molecular weight excluding hydrogens is 268 g/mol. The highest BCUT2D eigenvalue weighted by atomic mass is 32.1. The van der Waals surface area contributed by atoms with E-state index in [1.165, 1.54) is 5.01 Å². The molecule has 0 amide bonds. The van der Waals surface area contributed by atoms with E-state index in [9.17, 15) is 5.11 Å². The molecule has 2 rings (SSSR count). The highest BCUT2D eigenvalue weighted by molar-refractivity contribution is 7.09. The maximum absolute atomic E-state index is 9.29. The summed E-state index contributed by atoms with van der Waals surface area (Å²) >= 11 is 1.72. The molecule has 3 nitrogen and oxygen atoms in total. The van der Waals surface area contributed by atoms with Gasteiger partial charge >= 0.3 is 0 Å². The molecule has 108 valence electrons. The molecule has 1 heterocycles. The van der Waals surface area contributed by atoms with Gasteiger partial charge in [-0.25, -0.2) is 4.98 Å². The van der Waals surface area contributed by atoms with Crippen molar-refractivity contribution < 1.29 is 5.11 Å². The average Bonchev–Trinajstić information content (AvgIpc) is 2.88. The van der Waals surface area contributed by atoms with Crippen LogP contribution in [-0.4, -0.2) is 10.1 Å². The van der Waals surface area contributed by atoms with Gasteiger partial charge in [0.25, 0.3) is 0 Å². The minimum absolute atomic E-state index is 0.0860. The molecule has 0 radical (unpaired) electrons. The molecule has 0 fully saturated rings. The van der Waals surface area contributed by atoms with Crippen LogP contribution < -0.4 is 5.32 Å². The summed E-state index contributed by atoms with van der Waals surface area (Å²) in [6.07, 6.45) is 0. The normalized spacial score (nSPS) is 11.8. The predicted molar refractivity (Wildman–Crippen MR) is 83.7 cm³/mol. The van der Waals surface area contributed by atoms with Gasteiger partial charge in [0.1, 0.15) is 0 Å². The zero-order valence-corrected chi connectivity index (χ0v) is 13.1. The number of benzene rings is 1. The summed E-state index contributed by atoms with van der Waals surface area (Å²) in [5, 5.41) is 16.0. The quantitative estimate of drug-likeness (QED) is 0.888. The topological polar surface area (TPSA) is 45.2 Å². The number of hydrogen-bond donors (Lipinski definition) is 2. The first kappa shape index (κ1) is 15.2. The van der Waals surface area contributed by atoms with Gasteiger partial charge in [-0.05, 0) is 11.1 Å². The van der Waals surface area contributed by atoms with Crippen LogP contribution in [0.25, 0.3) is 0 Å². The van der Waals surface area contributed by atoms with Gasteiger partial charge in [-0.2, -0.15) is 0 Å². The number of nitrogens with one attached hydrogen (secondary N) is 1. The maximum atomic E-state index is 9.29. The summed E-state index contributed by atoms with van der Waals surface area (Å²) in [5.41, 5.74) is 3.32. The highest BCUT2D eigenvalue weighted by Gasteiger charge is 2.17. The number of aromatic nitrogens is 1. The summed E-state index contributed by atoms with van der Waals surface area (Å²) in [6.45, 7) is 8.13. The SMILES string of the molecule is CC(C)(C)c1nc(CNCc2ccccc2CO)cs1. The Morgan fingerprint density at radius 2 is 1.85 bits per heavy atom. The van der Waals surface area contributed by atoms with Crippen molar-refractivity contribution in [2.24, 2.45) is 0 Å². The van der Waals surface area contributed by atoms with Gasteiger partial charge in [0.2, 0.25) is 0 Å². The first-order valence-electron chi connectivity index (χ1n) is 6.84. The fourth-order valence-electron chi connectivity index (χ4n) is 1.94.